The summed E-state index contributed by atoms with van der Waals surface area (Å²) >= 11 is 0. The molecule has 23 heavy (non-hydrogen) atoms. The van der Waals surface area contributed by atoms with Crippen molar-refractivity contribution >= 4 is 29.9 Å². The van der Waals surface area contributed by atoms with Crippen LogP contribution < -0.4 is 5.32 Å². The smallest absolute Gasteiger partial charge is 0.193 e. The lowest BCUT2D eigenvalue weighted by atomic mass is 9.99. The topological polar surface area (TPSA) is 36.9 Å². The summed E-state index contributed by atoms with van der Waals surface area (Å²) < 4.78 is 5.59. The van der Waals surface area contributed by atoms with Crippen LogP contribution in [0.5, 0.6) is 0 Å². The fourth-order valence-corrected chi connectivity index (χ4v) is 2.87. The van der Waals surface area contributed by atoms with E-state index in [0.717, 1.165) is 45.2 Å². The number of nitrogens with zero attached hydrogens (tertiary/aromatic N) is 2. The van der Waals surface area contributed by atoms with Crippen molar-refractivity contribution in [2.45, 2.75) is 32.1 Å². The van der Waals surface area contributed by atoms with E-state index in [4.69, 9.17) is 4.74 Å². The number of rotatable bonds is 7. The molecule has 0 aliphatic carbocycles. The summed E-state index contributed by atoms with van der Waals surface area (Å²) in [6, 6.07) is 10.8. The van der Waals surface area contributed by atoms with E-state index in [-0.39, 0.29) is 24.0 Å². The fourth-order valence-electron chi connectivity index (χ4n) is 2.87. The third-order valence-electron chi connectivity index (χ3n) is 4.14. The van der Waals surface area contributed by atoms with Gasteiger partial charge in [-0.25, -0.2) is 0 Å². The highest BCUT2D eigenvalue weighted by atomic mass is 127. The molecule has 1 atom stereocenters. The van der Waals surface area contributed by atoms with Gasteiger partial charge in [-0.05, 0) is 18.4 Å². The number of likely N-dealkylation sites (tertiary alicyclic amines) is 1. The lowest BCUT2D eigenvalue weighted by Gasteiger charge is -2.21. The summed E-state index contributed by atoms with van der Waals surface area (Å²) in [4.78, 5) is 6.76. The molecule has 1 unspecified atom stereocenters. The van der Waals surface area contributed by atoms with Crippen molar-refractivity contribution in [2.24, 2.45) is 4.99 Å². The minimum atomic E-state index is 0. The Kier molecular flexibility index (Phi) is 10.3. The van der Waals surface area contributed by atoms with Crippen molar-refractivity contribution in [2.75, 3.05) is 39.9 Å². The molecular formula is C18H30IN3O. The summed E-state index contributed by atoms with van der Waals surface area (Å²) in [5.74, 6) is 1.61. The monoisotopic (exact) mass is 431 g/mol. The standard InChI is InChI=1S/C18H29N3O.HI/c1-3-4-13-22-14-11-20-18(19-2)21-12-10-17(15-21)16-8-6-5-7-9-16;/h5-9,17H,3-4,10-15H2,1-2H3,(H,19,20);1H. The highest BCUT2D eigenvalue weighted by Gasteiger charge is 2.25. The molecule has 0 bridgehead atoms. The third kappa shape index (κ3) is 6.67. The third-order valence-corrected chi connectivity index (χ3v) is 4.14. The van der Waals surface area contributed by atoms with Crippen LogP contribution in [0, 0.1) is 0 Å². The number of aliphatic imine (C=N–C) groups is 1. The number of hydrogen-bond donors (Lipinski definition) is 1. The number of benzene rings is 1. The van der Waals surface area contributed by atoms with E-state index < -0.39 is 0 Å². The molecular weight excluding hydrogens is 401 g/mol. The molecule has 1 aliphatic rings. The second-order valence-electron chi connectivity index (χ2n) is 5.78. The van der Waals surface area contributed by atoms with Crippen LogP contribution in [-0.2, 0) is 4.74 Å². The zero-order chi connectivity index (χ0) is 15.6. The molecule has 1 aromatic carbocycles. The van der Waals surface area contributed by atoms with Gasteiger partial charge in [0.15, 0.2) is 5.96 Å². The SMILES string of the molecule is CCCCOCCNC(=NC)N1CCC(c2ccccc2)C1.I. The van der Waals surface area contributed by atoms with E-state index in [2.05, 4.69) is 52.5 Å². The maximum absolute atomic E-state index is 5.59. The van der Waals surface area contributed by atoms with Crippen LogP contribution in [-0.4, -0.2) is 50.8 Å². The normalized spacial score (nSPS) is 17.9. The zero-order valence-electron chi connectivity index (χ0n) is 14.3. The molecule has 0 amide bonds. The van der Waals surface area contributed by atoms with Gasteiger partial charge in [-0.3, -0.25) is 4.99 Å². The Hall–Kier alpha value is -0.820. The largest absolute Gasteiger partial charge is 0.380 e. The van der Waals surface area contributed by atoms with Gasteiger partial charge in [-0.1, -0.05) is 43.7 Å². The zero-order valence-corrected chi connectivity index (χ0v) is 16.7. The Balaban J connectivity index is 0.00000264. The first kappa shape index (κ1) is 20.2. The molecule has 0 saturated carbocycles. The molecule has 1 heterocycles. The van der Waals surface area contributed by atoms with Gasteiger partial charge in [0.2, 0.25) is 0 Å². The predicted molar refractivity (Wildman–Crippen MR) is 108 cm³/mol. The molecule has 130 valence electrons. The quantitative estimate of drug-likeness (QED) is 0.311. The summed E-state index contributed by atoms with van der Waals surface area (Å²) in [5.41, 5.74) is 1.43. The van der Waals surface area contributed by atoms with E-state index in [0.29, 0.717) is 5.92 Å². The fraction of sp³-hybridized carbons (Fsp3) is 0.611. The number of halogens is 1. The van der Waals surface area contributed by atoms with Crippen LogP contribution in [0.15, 0.2) is 35.3 Å². The first-order valence-corrected chi connectivity index (χ1v) is 8.43. The van der Waals surface area contributed by atoms with Crippen LogP contribution in [0.4, 0.5) is 0 Å². The Bertz CT molecular complexity index is 453. The summed E-state index contributed by atoms with van der Waals surface area (Å²) in [6.07, 6.45) is 3.51. The number of unbranched alkanes of at least 4 members (excludes halogenated alkanes) is 1. The summed E-state index contributed by atoms with van der Waals surface area (Å²) in [6.45, 7) is 6.71. The first-order valence-electron chi connectivity index (χ1n) is 8.43. The molecule has 0 spiro atoms. The van der Waals surface area contributed by atoms with E-state index >= 15 is 0 Å². The van der Waals surface area contributed by atoms with Gasteiger partial charge < -0.3 is 15.0 Å². The molecule has 1 aromatic rings. The maximum atomic E-state index is 5.59. The molecule has 2 rings (SSSR count). The predicted octanol–water partition coefficient (Wildman–Crippen LogP) is 3.49. The van der Waals surface area contributed by atoms with Gasteiger partial charge >= 0.3 is 0 Å². The van der Waals surface area contributed by atoms with Crippen LogP contribution in [0.3, 0.4) is 0 Å². The van der Waals surface area contributed by atoms with E-state index in [1.165, 1.54) is 18.4 Å². The minimum absolute atomic E-state index is 0. The molecule has 4 nitrogen and oxygen atoms in total. The highest BCUT2D eigenvalue weighted by molar-refractivity contribution is 14.0. The van der Waals surface area contributed by atoms with Crippen molar-refractivity contribution in [1.29, 1.82) is 0 Å². The minimum Gasteiger partial charge on any atom is -0.380 e. The van der Waals surface area contributed by atoms with Gasteiger partial charge in [0, 0.05) is 39.2 Å². The second kappa shape index (κ2) is 11.7. The van der Waals surface area contributed by atoms with Gasteiger partial charge in [0.1, 0.15) is 0 Å². The van der Waals surface area contributed by atoms with Crippen LogP contribution in [0.25, 0.3) is 0 Å². The van der Waals surface area contributed by atoms with Crippen molar-refractivity contribution in [3.63, 3.8) is 0 Å². The van der Waals surface area contributed by atoms with E-state index in [1.54, 1.807) is 0 Å². The van der Waals surface area contributed by atoms with Gasteiger partial charge in [0.05, 0.1) is 6.61 Å². The van der Waals surface area contributed by atoms with Gasteiger partial charge in [0.25, 0.3) is 0 Å². The highest BCUT2D eigenvalue weighted by Crippen LogP contribution is 2.26. The molecule has 5 heteroatoms. The molecule has 1 aliphatic heterocycles. The van der Waals surface area contributed by atoms with E-state index in [1.807, 2.05) is 7.05 Å². The van der Waals surface area contributed by atoms with Crippen molar-refractivity contribution in [1.82, 2.24) is 10.2 Å². The molecule has 1 N–H and O–H groups in total. The molecule has 1 fully saturated rings. The number of nitrogens with one attached hydrogen (secondary N) is 1. The van der Waals surface area contributed by atoms with Gasteiger partial charge in [-0.2, -0.15) is 0 Å². The van der Waals surface area contributed by atoms with Crippen molar-refractivity contribution < 1.29 is 4.74 Å². The van der Waals surface area contributed by atoms with Crippen LogP contribution in [0.2, 0.25) is 0 Å². The lowest BCUT2D eigenvalue weighted by Crippen LogP contribution is -2.41. The summed E-state index contributed by atoms with van der Waals surface area (Å²) in [7, 11) is 1.86. The van der Waals surface area contributed by atoms with Gasteiger partial charge in [-0.15, -0.1) is 24.0 Å². The van der Waals surface area contributed by atoms with Crippen LogP contribution >= 0.6 is 24.0 Å². The lowest BCUT2D eigenvalue weighted by molar-refractivity contribution is 0.135. The Morgan fingerprint density at radius 1 is 1.30 bits per heavy atom. The average molecular weight is 431 g/mol. The number of hydrogen-bond acceptors (Lipinski definition) is 2. The molecule has 1 saturated heterocycles. The van der Waals surface area contributed by atoms with E-state index in [9.17, 15) is 0 Å². The Morgan fingerprint density at radius 2 is 2.09 bits per heavy atom. The van der Waals surface area contributed by atoms with Crippen LogP contribution in [0.1, 0.15) is 37.7 Å². The molecule has 0 radical (unpaired) electrons. The second-order valence-corrected chi connectivity index (χ2v) is 5.78. The summed E-state index contributed by atoms with van der Waals surface area (Å²) in [5, 5.41) is 3.41. The maximum Gasteiger partial charge on any atom is 0.193 e. The Labute approximate surface area is 157 Å². The number of ether oxygens (including phenoxy) is 1. The molecule has 0 aromatic heterocycles. The number of guanidine groups is 1. The van der Waals surface area contributed by atoms with Crippen molar-refractivity contribution in [3.8, 4) is 0 Å². The average Bonchev–Trinajstić information content (AvgIpc) is 3.05. The first-order chi connectivity index (χ1) is 10.8. The Morgan fingerprint density at radius 3 is 2.78 bits per heavy atom. The van der Waals surface area contributed by atoms with Crippen molar-refractivity contribution in [3.05, 3.63) is 35.9 Å².